The van der Waals surface area contributed by atoms with Crippen molar-refractivity contribution >= 4 is 11.8 Å². The first-order chi connectivity index (χ1) is 12.2. The highest BCUT2D eigenvalue weighted by Gasteiger charge is 2.61. The number of hydrogen-bond donors (Lipinski definition) is 0. The average molecular weight is 342 g/mol. The molecule has 0 unspecified atom stereocenters. The lowest BCUT2D eigenvalue weighted by atomic mass is 10.0. The van der Waals surface area contributed by atoms with E-state index in [0.717, 1.165) is 38.6 Å². The summed E-state index contributed by atoms with van der Waals surface area (Å²) in [5, 5.41) is 0. The van der Waals surface area contributed by atoms with Crippen LogP contribution in [-0.4, -0.2) is 53.1 Å². The van der Waals surface area contributed by atoms with Gasteiger partial charge in [0.1, 0.15) is 0 Å². The Hall–Kier alpha value is -1.88. The summed E-state index contributed by atoms with van der Waals surface area (Å²) < 4.78 is 6.06. The Bertz CT molecular complexity index is 648. The van der Waals surface area contributed by atoms with E-state index in [1.165, 1.54) is 5.56 Å². The zero-order valence-corrected chi connectivity index (χ0v) is 14.7. The summed E-state index contributed by atoms with van der Waals surface area (Å²) >= 11 is 0. The number of aryl methyl sites for hydroxylation is 1. The van der Waals surface area contributed by atoms with Crippen molar-refractivity contribution in [2.45, 2.75) is 56.7 Å². The fraction of sp³-hybridized carbons (Fsp3) is 0.600. The van der Waals surface area contributed by atoms with E-state index in [4.69, 9.17) is 4.74 Å². The number of carbonyl (C=O) groups is 2. The topological polar surface area (TPSA) is 49.9 Å². The number of ether oxygens (including phenoxy) is 1. The van der Waals surface area contributed by atoms with Gasteiger partial charge in [0.15, 0.2) is 5.72 Å². The molecule has 2 atom stereocenters. The molecule has 25 heavy (non-hydrogen) atoms. The van der Waals surface area contributed by atoms with Gasteiger partial charge >= 0.3 is 0 Å². The summed E-state index contributed by atoms with van der Waals surface area (Å²) in [6.07, 6.45) is 5.57. The second-order valence-electron chi connectivity index (χ2n) is 7.34. The number of nitrogens with zero attached hydrogens (tertiary/aromatic N) is 2. The van der Waals surface area contributed by atoms with Crippen LogP contribution >= 0.6 is 0 Å². The van der Waals surface area contributed by atoms with Crippen molar-refractivity contribution in [3.05, 3.63) is 35.9 Å². The molecule has 5 heteroatoms. The summed E-state index contributed by atoms with van der Waals surface area (Å²) in [6, 6.07) is 10.3. The van der Waals surface area contributed by atoms with Gasteiger partial charge in [0.2, 0.25) is 11.8 Å². The molecule has 0 saturated carbocycles. The van der Waals surface area contributed by atoms with Gasteiger partial charge in [0.25, 0.3) is 0 Å². The standard InChI is InChI=1S/C20H26N2O3/c23-18(10-5-4-9-16-7-2-1-3-8-16)21-13-11-20-17(21)15-19(24)22(20)12-6-14-25-20/h1-3,7-8,17H,4-6,9-15H2/t17-,20+/m1/s1. The van der Waals surface area contributed by atoms with Crippen LogP contribution < -0.4 is 0 Å². The highest BCUT2D eigenvalue weighted by atomic mass is 16.5. The minimum absolute atomic E-state index is 0.0816. The van der Waals surface area contributed by atoms with Crippen molar-refractivity contribution < 1.29 is 14.3 Å². The van der Waals surface area contributed by atoms with E-state index in [0.29, 0.717) is 26.0 Å². The lowest BCUT2D eigenvalue weighted by Gasteiger charge is -2.42. The molecule has 0 N–H and O–H groups in total. The maximum atomic E-state index is 12.7. The highest BCUT2D eigenvalue weighted by molar-refractivity contribution is 5.84. The van der Waals surface area contributed by atoms with Crippen LogP contribution in [0.1, 0.15) is 44.1 Å². The molecule has 3 saturated heterocycles. The summed E-state index contributed by atoms with van der Waals surface area (Å²) in [4.78, 5) is 28.8. The van der Waals surface area contributed by atoms with Crippen molar-refractivity contribution in [2.75, 3.05) is 19.7 Å². The Morgan fingerprint density at radius 2 is 2.04 bits per heavy atom. The lowest BCUT2D eigenvalue weighted by Crippen LogP contribution is -2.56. The molecule has 0 bridgehead atoms. The van der Waals surface area contributed by atoms with Crippen LogP contribution in [0.3, 0.4) is 0 Å². The average Bonchev–Trinajstić information content (AvgIpc) is 3.12. The second kappa shape index (κ2) is 6.79. The maximum absolute atomic E-state index is 12.7. The van der Waals surface area contributed by atoms with E-state index >= 15 is 0 Å². The third kappa shape index (κ3) is 2.95. The van der Waals surface area contributed by atoms with Gasteiger partial charge < -0.3 is 14.5 Å². The number of amides is 2. The van der Waals surface area contributed by atoms with E-state index in [2.05, 4.69) is 24.3 Å². The molecular formula is C20H26N2O3. The van der Waals surface area contributed by atoms with Crippen molar-refractivity contribution in [1.29, 1.82) is 0 Å². The molecule has 1 aromatic rings. The first-order valence-corrected chi connectivity index (χ1v) is 9.48. The summed E-state index contributed by atoms with van der Waals surface area (Å²) in [5.74, 6) is 0.324. The van der Waals surface area contributed by atoms with Gasteiger partial charge in [0.05, 0.1) is 19.1 Å². The molecule has 0 aliphatic carbocycles. The van der Waals surface area contributed by atoms with E-state index in [-0.39, 0.29) is 17.9 Å². The third-order valence-electron chi connectivity index (χ3n) is 5.88. The quantitative estimate of drug-likeness (QED) is 0.772. The van der Waals surface area contributed by atoms with Crippen molar-refractivity contribution in [1.82, 2.24) is 9.80 Å². The first-order valence-electron chi connectivity index (χ1n) is 9.48. The van der Waals surface area contributed by atoms with E-state index in [1.807, 2.05) is 15.9 Å². The van der Waals surface area contributed by atoms with Crippen LogP contribution in [0.4, 0.5) is 0 Å². The Balaban J connectivity index is 1.32. The van der Waals surface area contributed by atoms with Crippen LogP contribution in [0, 0.1) is 0 Å². The lowest BCUT2D eigenvalue weighted by molar-refractivity contribution is -0.181. The molecule has 3 aliphatic rings. The van der Waals surface area contributed by atoms with Crippen molar-refractivity contribution in [3.8, 4) is 0 Å². The number of carbonyl (C=O) groups excluding carboxylic acids is 2. The maximum Gasteiger partial charge on any atom is 0.227 e. The smallest absolute Gasteiger partial charge is 0.227 e. The normalized spacial score (nSPS) is 28.2. The van der Waals surface area contributed by atoms with Gasteiger partial charge in [-0.25, -0.2) is 0 Å². The number of hydrogen-bond acceptors (Lipinski definition) is 3. The Morgan fingerprint density at radius 3 is 2.88 bits per heavy atom. The second-order valence-corrected chi connectivity index (χ2v) is 7.34. The molecule has 1 spiro atoms. The molecule has 2 amide bonds. The van der Waals surface area contributed by atoms with Gasteiger partial charge in [-0.15, -0.1) is 0 Å². The molecule has 1 aromatic carbocycles. The molecule has 3 aliphatic heterocycles. The fourth-order valence-electron chi connectivity index (χ4n) is 4.64. The molecule has 4 rings (SSSR count). The van der Waals surface area contributed by atoms with E-state index in [1.54, 1.807) is 0 Å². The molecule has 3 heterocycles. The van der Waals surface area contributed by atoms with Crippen LogP contribution in [0.25, 0.3) is 0 Å². The van der Waals surface area contributed by atoms with Gasteiger partial charge in [-0.1, -0.05) is 30.3 Å². The van der Waals surface area contributed by atoms with Gasteiger partial charge in [-0.3, -0.25) is 9.59 Å². The zero-order chi connectivity index (χ0) is 17.3. The minimum Gasteiger partial charge on any atom is -0.353 e. The summed E-state index contributed by atoms with van der Waals surface area (Å²) in [5.41, 5.74) is 0.803. The number of rotatable bonds is 5. The first kappa shape index (κ1) is 16.6. The summed E-state index contributed by atoms with van der Waals surface area (Å²) in [6.45, 7) is 2.18. The zero-order valence-electron chi connectivity index (χ0n) is 14.7. The molecular weight excluding hydrogens is 316 g/mol. The molecule has 5 nitrogen and oxygen atoms in total. The Kier molecular flexibility index (Phi) is 4.50. The van der Waals surface area contributed by atoms with E-state index in [9.17, 15) is 9.59 Å². The van der Waals surface area contributed by atoms with Crippen LogP contribution in [-0.2, 0) is 20.7 Å². The third-order valence-corrected chi connectivity index (χ3v) is 5.88. The van der Waals surface area contributed by atoms with Gasteiger partial charge in [-0.05, 0) is 31.2 Å². The van der Waals surface area contributed by atoms with Gasteiger partial charge in [0, 0.05) is 25.9 Å². The number of unbranched alkanes of at least 4 members (excludes halogenated alkanes) is 1. The minimum atomic E-state index is -0.519. The van der Waals surface area contributed by atoms with Crippen LogP contribution in [0.5, 0.6) is 0 Å². The number of likely N-dealkylation sites (tertiary alicyclic amines) is 1. The van der Waals surface area contributed by atoms with Crippen molar-refractivity contribution in [2.24, 2.45) is 0 Å². The molecule has 0 aromatic heterocycles. The van der Waals surface area contributed by atoms with Crippen molar-refractivity contribution in [3.63, 3.8) is 0 Å². The fourth-order valence-corrected chi connectivity index (χ4v) is 4.64. The molecule has 3 fully saturated rings. The highest BCUT2D eigenvalue weighted by Crippen LogP contribution is 2.45. The van der Waals surface area contributed by atoms with E-state index < -0.39 is 5.72 Å². The monoisotopic (exact) mass is 342 g/mol. The largest absolute Gasteiger partial charge is 0.353 e. The Morgan fingerprint density at radius 1 is 1.20 bits per heavy atom. The van der Waals surface area contributed by atoms with Crippen LogP contribution in [0.15, 0.2) is 30.3 Å². The Labute approximate surface area is 148 Å². The predicted molar refractivity (Wildman–Crippen MR) is 93.7 cm³/mol. The van der Waals surface area contributed by atoms with Gasteiger partial charge in [-0.2, -0.15) is 0 Å². The number of benzene rings is 1. The molecule has 0 radical (unpaired) electrons. The predicted octanol–water partition coefficient (Wildman–Crippen LogP) is 2.35. The SMILES string of the molecule is O=C(CCCCc1ccccc1)N1CC[C@@]23OCCCN2C(=O)C[C@@H]13. The molecule has 134 valence electrons. The summed E-state index contributed by atoms with van der Waals surface area (Å²) in [7, 11) is 0. The van der Waals surface area contributed by atoms with Crippen LogP contribution in [0.2, 0.25) is 0 Å².